The van der Waals surface area contributed by atoms with Gasteiger partial charge in [0.15, 0.2) is 11.2 Å². The number of phosphoric acid groups is 1. The molecule has 0 bridgehead atoms. The third-order valence-corrected chi connectivity index (χ3v) is 4.15. The minimum absolute atomic E-state index is 0.0563. The van der Waals surface area contributed by atoms with Crippen LogP contribution < -0.4 is 11.3 Å². The Hall–Kier alpha value is -2.04. The lowest BCUT2D eigenvalue weighted by Crippen LogP contribution is -2.22. The number of hydrogen-bond acceptors (Lipinski definition) is 7. The second kappa shape index (κ2) is 5.25. The van der Waals surface area contributed by atoms with Crippen LogP contribution in [0.1, 0.15) is 12.5 Å². The molecule has 3 rings (SSSR count). The molecule has 0 radical (unpaired) electrons. The Morgan fingerprint density at radius 3 is 2.87 bits per heavy atom. The zero-order valence-electron chi connectivity index (χ0n) is 11.7. The first-order chi connectivity index (χ1) is 10.7. The molecule has 1 aliphatic rings. The van der Waals surface area contributed by atoms with Crippen molar-refractivity contribution in [2.45, 2.75) is 24.7 Å². The average molecular weight is 343 g/mol. The SMILES string of the molecule is C=C1[C@H](OP(=O)(O)O)[C@@H](O)C[C@@H]1n1cnc2c(=O)[nH]c(N)nc21. The monoisotopic (exact) mass is 343 g/mol. The summed E-state index contributed by atoms with van der Waals surface area (Å²) in [5.74, 6) is -0.101. The van der Waals surface area contributed by atoms with E-state index in [0.29, 0.717) is 0 Å². The largest absolute Gasteiger partial charge is 0.470 e. The molecule has 23 heavy (non-hydrogen) atoms. The number of rotatable bonds is 3. The summed E-state index contributed by atoms with van der Waals surface area (Å²) in [4.78, 5) is 39.9. The number of fused-ring (bicyclic) bond motifs is 1. The van der Waals surface area contributed by atoms with Crippen LogP contribution in [0, 0.1) is 0 Å². The average Bonchev–Trinajstić information content (AvgIpc) is 2.93. The topological polar surface area (TPSA) is 177 Å². The number of nitrogens with one attached hydrogen (secondary N) is 1. The van der Waals surface area contributed by atoms with Gasteiger partial charge < -0.3 is 25.2 Å². The van der Waals surface area contributed by atoms with E-state index in [1.165, 1.54) is 10.9 Å². The van der Waals surface area contributed by atoms with Gasteiger partial charge in [-0.25, -0.2) is 9.55 Å². The van der Waals surface area contributed by atoms with Gasteiger partial charge >= 0.3 is 7.82 Å². The first kappa shape index (κ1) is 15.8. The van der Waals surface area contributed by atoms with E-state index in [2.05, 4.69) is 26.1 Å². The number of hydrogen-bond donors (Lipinski definition) is 5. The van der Waals surface area contributed by atoms with Crippen LogP contribution in [-0.4, -0.2) is 46.6 Å². The van der Waals surface area contributed by atoms with Crippen molar-refractivity contribution in [2.24, 2.45) is 0 Å². The van der Waals surface area contributed by atoms with Crippen molar-refractivity contribution < 1.29 is 24.0 Å². The van der Waals surface area contributed by atoms with Gasteiger partial charge in [0.1, 0.15) is 6.10 Å². The molecule has 2 heterocycles. The summed E-state index contributed by atoms with van der Waals surface area (Å²) < 4.78 is 17.0. The summed E-state index contributed by atoms with van der Waals surface area (Å²) in [6.45, 7) is 3.74. The Morgan fingerprint density at radius 2 is 2.22 bits per heavy atom. The second-order valence-electron chi connectivity index (χ2n) is 5.19. The Bertz CT molecular complexity index is 885. The van der Waals surface area contributed by atoms with E-state index in [4.69, 9.17) is 15.5 Å². The number of nitrogens with two attached hydrogens (primary N) is 1. The molecule has 0 aliphatic heterocycles. The van der Waals surface area contributed by atoms with Crippen molar-refractivity contribution >= 4 is 24.9 Å². The molecular weight excluding hydrogens is 329 g/mol. The first-order valence-corrected chi connectivity index (χ1v) is 8.03. The number of aliphatic hydroxyl groups excluding tert-OH is 1. The van der Waals surface area contributed by atoms with E-state index >= 15 is 0 Å². The molecular formula is C11H14N5O6P. The molecule has 11 nitrogen and oxygen atoms in total. The van der Waals surface area contributed by atoms with Crippen molar-refractivity contribution in [3.05, 3.63) is 28.8 Å². The van der Waals surface area contributed by atoms with Gasteiger partial charge in [-0.05, 0) is 5.57 Å². The van der Waals surface area contributed by atoms with Crippen molar-refractivity contribution in [2.75, 3.05) is 5.73 Å². The predicted molar refractivity (Wildman–Crippen MR) is 78.3 cm³/mol. The predicted octanol–water partition coefficient (Wildman–Crippen LogP) is -0.958. The standard InChI is InChI=1S/C11H14N5O6P/c1-4-5(2-6(17)8(4)22-23(19,20)21)16-3-13-7-9(16)14-11(12)15-10(7)18/h3,5-6,8,17H,1-2H2,(H2,19,20,21)(H3,12,14,15,18)/t5-,6-,8-/m0/s1. The highest BCUT2D eigenvalue weighted by Gasteiger charge is 2.42. The summed E-state index contributed by atoms with van der Waals surface area (Å²) in [6.07, 6.45) is -1.01. The van der Waals surface area contributed by atoms with E-state index in [-0.39, 0.29) is 29.1 Å². The fourth-order valence-corrected chi connectivity index (χ4v) is 3.26. The first-order valence-electron chi connectivity index (χ1n) is 6.50. The maximum Gasteiger partial charge on any atom is 0.470 e. The molecule has 0 unspecified atom stereocenters. The third-order valence-electron chi connectivity index (χ3n) is 3.64. The van der Waals surface area contributed by atoms with Crippen LogP contribution in [0.5, 0.6) is 0 Å². The number of H-pyrrole nitrogens is 1. The van der Waals surface area contributed by atoms with E-state index < -0.39 is 31.6 Å². The molecule has 0 spiro atoms. The van der Waals surface area contributed by atoms with Gasteiger partial charge in [-0.3, -0.25) is 14.3 Å². The summed E-state index contributed by atoms with van der Waals surface area (Å²) in [6, 6.07) is -0.597. The molecule has 2 aromatic heterocycles. The number of nitrogens with zero attached hydrogens (tertiary/aromatic N) is 3. The zero-order valence-corrected chi connectivity index (χ0v) is 12.6. The molecule has 124 valence electrons. The van der Waals surface area contributed by atoms with Crippen LogP contribution in [0.15, 0.2) is 23.3 Å². The molecule has 3 atom stereocenters. The molecule has 0 saturated heterocycles. The lowest BCUT2D eigenvalue weighted by Gasteiger charge is -2.18. The highest BCUT2D eigenvalue weighted by molar-refractivity contribution is 7.46. The molecule has 0 amide bonds. The second-order valence-corrected chi connectivity index (χ2v) is 6.38. The van der Waals surface area contributed by atoms with Crippen LogP contribution in [0.25, 0.3) is 11.2 Å². The zero-order chi connectivity index (χ0) is 16.9. The smallest absolute Gasteiger partial charge is 0.390 e. The number of nitrogen functional groups attached to an aromatic ring is 1. The number of aromatic amines is 1. The van der Waals surface area contributed by atoms with Gasteiger partial charge in [0, 0.05) is 6.42 Å². The number of imidazole rings is 1. The van der Waals surface area contributed by atoms with Crippen LogP contribution >= 0.6 is 7.82 Å². The van der Waals surface area contributed by atoms with E-state index in [1.54, 1.807) is 0 Å². The fourth-order valence-electron chi connectivity index (χ4n) is 2.69. The summed E-state index contributed by atoms with van der Waals surface area (Å²) >= 11 is 0. The Labute approximate surface area is 128 Å². The number of aromatic nitrogens is 4. The van der Waals surface area contributed by atoms with Gasteiger partial charge in [0.05, 0.1) is 18.5 Å². The lowest BCUT2D eigenvalue weighted by molar-refractivity contribution is 0.0527. The van der Waals surface area contributed by atoms with Gasteiger partial charge in [-0.15, -0.1) is 0 Å². The van der Waals surface area contributed by atoms with Crippen LogP contribution in [-0.2, 0) is 9.09 Å². The van der Waals surface area contributed by atoms with E-state index in [0.717, 1.165) is 0 Å². The van der Waals surface area contributed by atoms with Crippen LogP contribution in [0.2, 0.25) is 0 Å². The number of phosphoric ester groups is 1. The Kier molecular flexibility index (Phi) is 3.62. The molecule has 2 aromatic rings. The molecule has 1 saturated carbocycles. The molecule has 1 fully saturated rings. The summed E-state index contributed by atoms with van der Waals surface area (Å²) in [5.41, 5.74) is 5.48. The van der Waals surface area contributed by atoms with Gasteiger partial charge in [-0.2, -0.15) is 4.98 Å². The van der Waals surface area contributed by atoms with Gasteiger partial charge in [-0.1, -0.05) is 6.58 Å². The third kappa shape index (κ3) is 2.80. The van der Waals surface area contributed by atoms with Crippen molar-refractivity contribution in [3.8, 4) is 0 Å². The van der Waals surface area contributed by atoms with Gasteiger partial charge in [0.2, 0.25) is 5.95 Å². The highest BCUT2D eigenvalue weighted by atomic mass is 31.2. The maximum absolute atomic E-state index is 11.8. The van der Waals surface area contributed by atoms with Crippen molar-refractivity contribution in [1.82, 2.24) is 19.5 Å². The Morgan fingerprint density at radius 1 is 1.52 bits per heavy atom. The van der Waals surface area contributed by atoms with Crippen LogP contribution in [0.3, 0.4) is 0 Å². The maximum atomic E-state index is 11.8. The van der Waals surface area contributed by atoms with Crippen molar-refractivity contribution in [3.63, 3.8) is 0 Å². The minimum atomic E-state index is -4.79. The van der Waals surface area contributed by atoms with E-state index in [1.807, 2.05) is 0 Å². The van der Waals surface area contributed by atoms with Crippen molar-refractivity contribution in [1.29, 1.82) is 0 Å². The normalized spacial score (nSPS) is 25.3. The Balaban J connectivity index is 2.02. The lowest BCUT2D eigenvalue weighted by atomic mass is 10.1. The van der Waals surface area contributed by atoms with Gasteiger partial charge in [0.25, 0.3) is 5.56 Å². The van der Waals surface area contributed by atoms with E-state index in [9.17, 15) is 14.5 Å². The van der Waals surface area contributed by atoms with Crippen LogP contribution in [0.4, 0.5) is 5.95 Å². The number of aliphatic hydroxyl groups is 1. The highest BCUT2D eigenvalue weighted by Crippen LogP contribution is 2.46. The summed E-state index contributed by atoms with van der Waals surface area (Å²) in [5, 5.41) is 10.00. The quantitative estimate of drug-likeness (QED) is 0.347. The summed E-state index contributed by atoms with van der Waals surface area (Å²) in [7, 11) is -4.79. The molecule has 6 N–H and O–H groups in total. The molecule has 1 aliphatic carbocycles. The molecule has 12 heteroatoms. The molecule has 0 aromatic carbocycles. The fraction of sp³-hybridized carbons (Fsp3) is 0.364. The minimum Gasteiger partial charge on any atom is -0.390 e. The number of anilines is 1.